The number of aryl methyl sites for hydroxylation is 1. The zero-order valence-corrected chi connectivity index (χ0v) is 11.7. The lowest BCUT2D eigenvalue weighted by Crippen LogP contribution is -2.21. The first-order chi connectivity index (χ1) is 9.97. The van der Waals surface area contributed by atoms with Crippen molar-refractivity contribution >= 4 is 11.7 Å². The zero-order valence-electron chi connectivity index (χ0n) is 11.7. The van der Waals surface area contributed by atoms with E-state index in [-0.39, 0.29) is 11.3 Å². The van der Waals surface area contributed by atoms with Crippen LogP contribution in [0, 0.1) is 17.0 Å². The summed E-state index contributed by atoms with van der Waals surface area (Å²) in [5.41, 5.74) is 0.469. The third-order valence-corrected chi connectivity index (χ3v) is 2.88. The van der Waals surface area contributed by atoms with Gasteiger partial charge in [0.25, 0.3) is 5.69 Å². The molecule has 2 aromatic rings. The number of ether oxygens (including phenoxy) is 1. The summed E-state index contributed by atoms with van der Waals surface area (Å²) in [7, 11) is 0. The minimum Gasteiger partial charge on any atom is -0.457 e. The van der Waals surface area contributed by atoms with Gasteiger partial charge >= 0.3 is 5.97 Å². The van der Waals surface area contributed by atoms with Gasteiger partial charge in [-0.25, -0.2) is 4.79 Å². The third-order valence-electron chi connectivity index (χ3n) is 2.88. The lowest BCUT2D eigenvalue weighted by Gasteiger charge is -2.13. The van der Waals surface area contributed by atoms with E-state index in [4.69, 9.17) is 4.74 Å². The first-order valence-corrected chi connectivity index (χ1v) is 6.41. The molecule has 0 amide bonds. The summed E-state index contributed by atoms with van der Waals surface area (Å²) in [5, 5.41) is 15.0. The van der Waals surface area contributed by atoms with E-state index in [0.29, 0.717) is 6.54 Å². The molecule has 0 unspecified atom stereocenters. The molecule has 1 aromatic heterocycles. The minimum absolute atomic E-state index is 0.0349. The number of carbonyl (C=O) groups is 1. The molecule has 1 aromatic carbocycles. The van der Waals surface area contributed by atoms with E-state index in [0.717, 1.165) is 5.56 Å². The molecule has 1 heterocycles. The predicted octanol–water partition coefficient (Wildman–Crippen LogP) is 2.35. The number of nitro benzene ring substituents is 1. The van der Waals surface area contributed by atoms with Gasteiger partial charge in [0.1, 0.15) is 11.7 Å². The van der Waals surface area contributed by atoms with Gasteiger partial charge in [0.2, 0.25) is 0 Å². The SMILES string of the molecule is Cc1ccc([N+](=O)[O-])c(C(=O)O[C@H](C)Cn2cccn2)c1. The van der Waals surface area contributed by atoms with E-state index in [2.05, 4.69) is 5.10 Å². The molecule has 0 saturated carbocycles. The monoisotopic (exact) mass is 289 g/mol. The van der Waals surface area contributed by atoms with Crippen molar-refractivity contribution in [3.63, 3.8) is 0 Å². The Morgan fingerprint density at radius 1 is 1.52 bits per heavy atom. The maximum absolute atomic E-state index is 12.1. The van der Waals surface area contributed by atoms with Crippen molar-refractivity contribution in [3.8, 4) is 0 Å². The molecular formula is C14H15N3O4. The van der Waals surface area contributed by atoms with Crippen molar-refractivity contribution in [1.82, 2.24) is 9.78 Å². The van der Waals surface area contributed by atoms with Crippen molar-refractivity contribution in [2.24, 2.45) is 0 Å². The summed E-state index contributed by atoms with van der Waals surface area (Å²) in [6, 6.07) is 6.12. The second-order valence-corrected chi connectivity index (χ2v) is 4.72. The molecular weight excluding hydrogens is 274 g/mol. The van der Waals surface area contributed by atoms with Gasteiger partial charge < -0.3 is 4.74 Å². The van der Waals surface area contributed by atoms with Crippen LogP contribution in [0.25, 0.3) is 0 Å². The Kier molecular flexibility index (Phi) is 4.32. The minimum atomic E-state index is -0.704. The molecule has 7 nitrogen and oxygen atoms in total. The van der Waals surface area contributed by atoms with E-state index < -0.39 is 17.0 Å². The first kappa shape index (κ1) is 14.7. The number of rotatable bonds is 5. The molecule has 110 valence electrons. The Morgan fingerprint density at radius 2 is 2.29 bits per heavy atom. The Morgan fingerprint density at radius 3 is 2.90 bits per heavy atom. The van der Waals surface area contributed by atoms with Gasteiger partial charge in [-0.05, 0) is 31.5 Å². The molecule has 0 spiro atoms. The fourth-order valence-corrected chi connectivity index (χ4v) is 1.93. The lowest BCUT2D eigenvalue weighted by molar-refractivity contribution is -0.385. The number of esters is 1. The highest BCUT2D eigenvalue weighted by Gasteiger charge is 2.23. The van der Waals surface area contributed by atoms with Crippen LogP contribution in [0.15, 0.2) is 36.7 Å². The van der Waals surface area contributed by atoms with E-state index in [9.17, 15) is 14.9 Å². The lowest BCUT2D eigenvalue weighted by atomic mass is 10.1. The van der Waals surface area contributed by atoms with Crippen LogP contribution in [0.5, 0.6) is 0 Å². The molecule has 0 saturated heterocycles. The second-order valence-electron chi connectivity index (χ2n) is 4.72. The number of aromatic nitrogens is 2. The molecule has 0 aliphatic heterocycles. The Labute approximate surface area is 121 Å². The number of hydrogen-bond acceptors (Lipinski definition) is 5. The number of nitrogens with zero attached hydrogens (tertiary/aromatic N) is 3. The fraction of sp³-hybridized carbons (Fsp3) is 0.286. The normalized spacial score (nSPS) is 11.9. The number of nitro groups is 1. The van der Waals surface area contributed by atoms with Gasteiger partial charge in [-0.15, -0.1) is 0 Å². The Balaban J connectivity index is 2.12. The topological polar surface area (TPSA) is 87.3 Å². The summed E-state index contributed by atoms with van der Waals surface area (Å²) in [4.78, 5) is 22.5. The molecule has 0 radical (unpaired) electrons. The number of hydrogen-bond donors (Lipinski definition) is 0. The molecule has 7 heteroatoms. The van der Waals surface area contributed by atoms with Crippen molar-refractivity contribution in [3.05, 3.63) is 57.9 Å². The fourth-order valence-electron chi connectivity index (χ4n) is 1.93. The van der Waals surface area contributed by atoms with Gasteiger partial charge in [0.15, 0.2) is 0 Å². The van der Waals surface area contributed by atoms with Crippen LogP contribution in [-0.2, 0) is 11.3 Å². The van der Waals surface area contributed by atoms with Crippen molar-refractivity contribution < 1.29 is 14.5 Å². The summed E-state index contributed by atoms with van der Waals surface area (Å²) >= 11 is 0. The van der Waals surface area contributed by atoms with Gasteiger partial charge in [0.05, 0.1) is 11.5 Å². The molecule has 0 bridgehead atoms. The van der Waals surface area contributed by atoms with E-state index in [1.54, 1.807) is 43.1 Å². The van der Waals surface area contributed by atoms with E-state index in [1.807, 2.05) is 0 Å². The standard InChI is InChI=1S/C14H15N3O4/c1-10-4-5-13(17(19)20)12(8-10)14(18)21-11(2)9-16-7-3-6-15-16/h3-8,11H,9H2,1-2H3/t11-/m1/s1. The summed E-state index contributed by atoms with van der Waals surface area (Å²) < 4.78 is 6.88. The highest BCUT2D eigenvalue weighted by Crippen LogP contribution is 2.21. The Bertz CT molecular complexity index is 652. The van der Waals surface area contributed by atoms with Crippen molar-refractivity contribution in [2.45, 2.75) is 26.5 Å². The molecule has 0 fully saturated rings. The zero-order chi connectivity index (χ0) is 15.4. The van der Waals surface area contributed by atoms with Crippen LogP contribution < -0.4 is 0 Å². The van der Waals surface area contributed by atoms with Crippen LogP contribution in [0.1, 0.15) is 22.8 Å². The molecule has 21 heavy (non-hydrogen) atoms. The smallest absolute Gasteiger partial charge is 0.345 e. The van der Waals surface area contributed by atoms with Crippen LogP contribution >= 0.6 is 0 Å². The van der Waals surface area contributed by atoms with Gasteiger partial charge in [0, 0.05) is 18.5 Å². The average Bonchev–Trinajstić information content (AvgIpc) is 2.90. The highest BCUT2D eigenvalue weighted by molar-refractivity contribution is 5.94. The van der Waals surface area contributed by atoms with Gasteiger partial charge in [-0.1, -0.05) is 6.07 Å². The van der Waals surface area contributed by atoms with Gasteiger partial charge in [-0.2, -0.15) is 5.10 Å². The van der Waals surface area contributed by atoms with Crippen molar-refractivity contribution in [1.29, 1.82) is 0 Å². The van der Waals surface area contributed by atoms with Crippen LogP contribution in [0.2, 0.25) is 0 Å². The quantitative estimate of drug-likeness (QED) is 0.479. The largest absolute Gasteiger partial charge is 0.457 e. The predicted molar refractivity (Wildman–Crippen MR) is 74.9 cm³/mol. The van der Waals surface area contributed by atoms with Crippen molar-refractivity contribution in [2.75, 3.05) is 0 Å². The number of benzene rings is 1. The molecule has 0 aliphatic carbocycles. The van der Waals surface area contributed by atoms with Crippen LogP contribution in [-0.4, -0.2) is 26.8 Å². The molecule has 1 atom stereocenters. The first-order valence-electron chi connectivity index (χ1n) is 6.41. The van der Waals surface area contributed by atoms with Gasteiger partial charge in [-0.3, -0.25) is 14.8 Å². The van der Waals surface area contributed by atoms with E-state index in [1.165, 1.54) is 12.1 Å². The third kappa shape index (κ3) is 3.65. The summed E-state index contributed by atoms with van der Waals surface area (Å²) in [6.45, 7) is 3.85. The summed E-state index contributed by atoms with van der Waals surface area (Å²) in [5.74, 6) is -0.704. The Hall–Kier alpha value is -2.70. The molecule has 2 rings (SSSR count). The second kappa shape index (κ2) is 6.17. The number of carbonyl (C=O) groups excluding carboxylic acids is 1. The maximum atomic E-state index is 12.1. The molecule has 0 N–H and O–H groups in total. The van der Waals surface area contributed by atoms with E-state index >= 15 is 0 Å². The van der Waals surface area contributed by atoms with Crippen LogP contribution in [0.3, 0.4) is 0 Å². The highest BCUT2D eigenvalue weighted by atomic mass is 16.6. The summed E-state index contributed by atoms with van der Waals surface area (Å²) in [6.07, 6.45) is 2.93. The average molecular weight is 289 g/mol. The molecule has 0 aliphatic rings. The van der Waals surface area contributed by atoms with Crippen LogP contribution in [0.4, 0.5) is 5.69 Å². The maximum Gasteiger partial charge on any atom is 0.345 e.